The van der Waals surface area contributed by atoms with Crippen LogP contribution in [0.15, 0.2) is 42.7 Å². The summed E-state index contributed by atoms with van der Waals surface area (Å²) in [5, 5.41) is 9.90. The van der Waals surface area contributed by atoms with E-state index in [-0.39, 0.29) is 6.04 Å². The van der Waals surface area contributed by atoms with Crippen molar-refractivity contribution in [3.8, 4) is 17.3 Å². The Morgan fingerprint density at radius 2 is 2.00 bits per heavy atom. The maximum absolute atomic E-state index is 11.5. The number of hydrogen-bond acceptors (Lipinski definition) is 4. The van der Waals surface area contributed by atoms with E-state index in [4.69, 9.17) is 5.26 Å². The van der Waals surface area contributed by atoms with Crippen molar-refractivity contribution in [1.82, 2.24) is 9.55 Å². The van der Waals surface area contributed by atoms with Gasteiger partial charge in [-0.3, -0.25) is 9.71 Å². The van der Waals surface area contributed by atoms with E-state index in [9.17, 15) is 8.42 Å². The molecule has 0 saturated carbocycles. The van der Waals surface area contributed by atoms with Crippen LogP contribution in [-0.2, 0) is 10.0 Å². The predicted octanol–water partition coefficient (Wildman–Crippen LogP) is 3.53. The molecule has 0 aliphatic heterocycles. The van der Waals surface area contributed by atoms with E-state index in [0.29, 0.717) is 11.3 Å². The minimum atomic E-state index is -3.33. The molecule has 128 valence electrons. The maximum atomic E-state index is 11.5. The highest BCUT2D eigenvalue weighted by molar-refractivity contribution is 7.92. The van der Waals surface area contributed by atoms with Crippen LogP contribution < -0.4 is 4.72 Å². The molecule has 0 aliphatic rings. The van der Waals surface area contributed by atoms with Crippen LogP contribution >= 0.6 is 0 Å². The summed E-state index contributed by atoms with van der Waals surface area (Å²) in [5.41, 5.74) is 3.67. The summed E-state index contributed by atoms with van der Waals surface area (Å²) < 4.78 is 27.6. The number of nitriles is 1. The Balaban J connectivity index is 2.18. The van der Waals surface area contributed by atoms with Crippen molar-refractivity contribution in [2.24, 2.45) is 0 Å². The van der Waals surface area contributed by atoms with Crippen molar-refractivity contribution < 1.29 is 8.42 Å². The molecular weight excluding hydrogens is 336 g/mol. The Kier molecular flexibility index (Phi) is 4.23. The quantitative estimate of drug-likeness (QED) is 0.776. The number of aromatic nitrogens is 2. The first-order valence-electron chi connectivity index (χ1n) is 7.77. The molecule has 0 fully saturated rings. The van der Waals surface area contributed by atoms with Crippen LogP contribution in [0.4, 0.5) is 5.69 Å². The lowest BCUT2D eigenvalue weighted by Crippen LogP contribution is -2.09. The molecule has 0 bridgehead atoms. The van der Waals surface area contributed by atoms with E-state index >= 15 is 0 Å². The van der Waals surface area contributed by atoms with Gasteiger partial charge in [0.05, 0.1) is 28.7 Å². The first-order chi connectivity index (χ1) is 11.8. The van der Waals surface area contributed by atoms with Gasteiger partial charge in [0, 0.05) is 29.4 Å². The SMILES string of the molecule is CC(C)n1cc(-c2ccc(C#N)cn2)c2ccc(NS(C)(=O)=O)cc21. The Morgan fingerprint density at radius 1 is 1.24 bits per heavy atom. The zero-order valence-electron chi connectivity index (χ0n) is 14.2. The van der Waals surface area contributed by atoms with Crippen LogP contribution in [0.1, 0.15) is 25.5 Å². The highest BCUT2D eigenvalue weighted by atomic mass is 32.2. The molecule has 0 atom stereocenters. The van der Waals surface area contributed by atoms with E-state index in [1.54, 1.807) is 18.3 Å². The van der Waals surface area contributed by atoms with Gasteiger partial charge in [0.1, 0.15) is 6.07 Å². The fourth-order valence-corrected chi connectivity index (χ4v) is 3.33. The standard InChI is InChI=1S/C18H18N4O2S/c1-12(2)22-11-16(17-7-4-13(9-19)10-20-17)15-6-5-14(8-18(15)22)21-25(3,23)24/h4-8,10-12,21H,1-3H3. The number of hydrogen-bond donors (Lipinski definition) is 1. The van der Waals surface area contributed by atoms with Crippen molar-refractivity contribution in [2.75, 3.05) is 11.0 Å². The van der Waals surface area contributed by atoms with Crippen LogP contribution in [0.5, 0.6) is 0 Å². The number of nitrogens with zero attached hydrogens (tertiary/aromatic N) is 3. The number of nitrogens with one attached hydrogen (secondary N) is 1. The summed E-state index contributed by atoms with van der Waals surface area (Å²) in [6, 6.07) is 11.3. The summed E-state index contributed by atoms with van der Waals surface area (Å²) in [6.07, 6.45) is 4.69. The van der Waals surface area contributed by atoms with Crippen molar-refractivity contribution >= 4 is 26.6 Å². The van der Waals surface area contributed by atoms with Gasteiger partial charge in [-0.15, -0.1) is 0 Å². The molecule has 6 nitrogen and oxygen atoms in total. The molecule has 1 aromatic carbocycles. The van der Waals surface area contributed by atoms with Crippen LogP contribution in [0.25, 0.3) is 22.2 Å². The van der Waals surface area contributed by atoms with Gasteiger partial charge in [0.2, 0.25) is 10.0 Å². The highest BCUT2D eigenvalue weighted by Crippen LogP contribution is 2.33. The number of rotatable bonds is 4. The molecule has 7 heteroatoms. The minimum Gasteiger partial charge on any atom is -0.344 e. The first kappa shape index (κ1) is 17.0. The molecule has 0 spiro atoms. The number of pyridine rings is 1. The fourth-order valence-electron chi connectivity index (χ4n) is 2.78. The van der Waals surface area contributed by atoms with Crippen LogP contribution in [0.3, 0.4) is 0 Å². The van der Waals surface area contributed by atoms with Gasteiger partial charge in [-0.2, -0.15) is 5.26 Å². The summed E-state index contributed by atoms with van der Waals surface area (Å²) in [5.74, 6) is 0. The Morgan fingerprint density at radius 3 is 2.56 bits per heavy atom. The van der Waals surface area contributed by atoms with Gasteiger partial charge in [0.25, 0.3) is 0 Å². The van der Waals surface area contributed by atoms with Gasteiger partial charge in [-0.05, 0) is 38.1 Å². The molecule has 3 aromatic rings. The summed E-state index contributed by atoms with van der Waals surface area (Å²) >= 11 is 0. The second kappa shape index (κ2) is 6.22. The summed E-state index contributed by atoms with van der Waals surface area (Å²) in [6.45, 7) is 4.12. The molecule has 3 rings (SSSR count). The smallest absolute Gasteiger partial charge is 0.229 e. The lowest BCUT2D eigenvalue weighted by Gasteiger charge is -2.10. The summed E-state index contributed by atoms with van der Waals surface area (Å²) in [4.78, 5) is 4.38. The third kappa shape index (κ3) is 3.49. The normalized spacial score (nSPS) is 11.6. The van der Waals surface area contributed by atoms with Crippen LogP contribution in [0, 0.1) is 11.3 Å². The third-order valence-corrected chi connectivity index (χ3v) is 4.47. The molecule has 0 saturated heterocycles. The zero-order chi connectivity index (χ0) is 18.2. The highest BCUT2D eigenvalue weighted by Gasteiger charge is 2.14. The van der Waals surface area contributed by atoms with Crippen molar-refractivity contribution in [3.63, 3.8) is 0 Å². The molecule has 0 radical (unpaired) electrons. The van der Waals surface area contributed by atoms with Crippen molar-refractivity contribution in [1.29, 1.82) is 5.26 Å². The molecule has 2 heterocycles. The van der Waals surface area contributed by atoms with E-state index in [2.05, 4.69) is 34.2 Å². The van der Waals surface area contributed by atoms with Gasteiger partial charge in [-0.1, -0.05) is 6.07 Å². The monoisotopic (exact) mass is 354 g/mol. The van der Waals surface area contributed by atoms with Crippen LogP contribution in [0.2, 0.25) is 0 Å². The minimum absolute atomic E-state index is 0.197. The van der Waals surface area contributed by atoms with Gasteiger partial charge in [0.15, 0.2) is 0 Å². The Hall–Kier alpha value is -2.85. The average Bonchev–Trinajstić information content (AvgIpc) is 2.92. The Bertz CT molecular complexity index is 1070. The molecule has 1 N–H and O–H groups in total. The molecule has 0 aliphatic carbocycles. The van der Waals surface area contributed by atoms with E-state index in [1.165, 1.54) is 0 Å². The first-order valence-corrected chi connectivity index (χ1v) is 9.66. The topological polar surface area (TPSA) is 87.8 Å². The second-order valence-corrected chi connectivity index (χ2v) is 7.94. The van der Waals surface area contributed by atoms with Gasteiger partial charge < -0.3 is 4.57 Å². The van der Waals surface area contributed by atoms with Crippen LogP contribution in [-0.4, -0.2) is 24.2 Å². The van der Waals surface area contributed by atoms with E-state index in [1.807, 2.05) is 24.4 Å². The number of benzene rings is 1. The predicted molar refractivity (Wildman–Crippen MR) is 98.7 cm³/mol. The Labute approximate surface area is 146 Å². The number of fused-ring (bicyclic) bond motifs is 1. The number of anilines is 1. The molecule has 0 amide bonds. The zero-order valence-corrected chi connectivity index (χ0v) is 15.0. The lowest BCUT2D eigenvalue weighted by atomic mass is 10.1. The molecule has 0 unspecified atom stereocenters. The van der Waals surface area contributed by atoms with Gasteiger partial charge >= 0.3 is 0 Å². The third-order valence-electron chi connectivity index (χ3n) is 3.86. The second-order valence-electron chi connectivity index (χ2n) is 6.19. The van der Waals surface area contributed by atoms with Crippen molar-refractivity contribution in [2.45, 2.75) is 19.9 Å². The maximum Gasteiger partial charge on any atom is 0.229 e. The van der Waals surface area contributed by atoms with E-state index in [0.717, 1.165) is 28.4 Å². The van der Waals surface area contributed by atoms with Gasteiger partial charge in [-0.25, -0.2) is 8.42 Å². The largest absolute Gasteiger partial charge is 0.344 e. The molecule has 25 heavy (non-hydrogen) atoms. The molecular formula is C18H18N4O2S. The molecule has 2 aromatic heterocycles. The lowest BCUT2D eigenvalue weighted by molar-refractivity contribution is 0.607. The van der Waals surface area contributed by atoms with Crippen molar-refractivity contribution in [3.05, 3.63) is 48.3 Å². The number of sulfonamides is 1. The summed E-state index contributed by atoms with van der Waals surface area (Å²) in [7, 11) is -3.33. The fraction of sp³-hybridized carbons (Fsp3) is 0.222. The van der Waals surface area contributed by atoms with E-state index < -0.39 is 10.0 Å². The average molecular weight is 354 g/mol.